The van der Waals surface area contributed by atoms with Gasteiger partial charge in [-0.25, -0.2) is 4.79 Å². The monoisotopic (exact) mass is 829 g/mol. The number of benzene rings is 4. The molecule has 15 heteroatoms. The smallest absolute Gasteiger partial charge is 0.414 e. The van der Waals surface area contributed by atoms with E-state index in [2.05, 4.69) is 33.8 Å². The van der Waals surface area contributed by atoms with Gasteiger partial charge in [0.15, 0.2) is 11.5 Å². The van der Waals surface area contributed by atoms with Crippen LogP contribution in [-0.4, -0.2) is 68.5 Å². The van der Waals surface area contributed by atoms with E-state index in [1.54, 1.807) is 41.3 Å². The van der Waals surface area contributed by atoms with Gasteiger partial charge in [-0.15, -0.1) is 6.58 Å². The van der Waals surface area contributed by atoms with E-state index < -0.39 is 29.9 Å². The van der Waals surface area contributed by atoms with E-state index in [1.807, 2.05) is 54.6 Å². The highest BCUT2D eigenvalue weighted by atomic mass is 16.6. The van der Waals surface area contributed by atoms with Crippen molar-refractivity contribution in [3.63, 3.8) is 0 Å². The van der Waals surface area contributed by atoms with Crippen LogP contribution in [0.15, 0.2) is 116 Å². The highest BCUT2D eigenvalue weighted by Gasteiger charge is 2.42. The van der Waals surface area contributed by atoms with Crippen molar-refractivity contribution < 1.29 is 47.7 Å². The molecule has 0 aromatic heterocycles. The lowest BCUT2D eigenvalue weighted by atomic mass is 10.1. The van der Waals surface area contributed by atoms with E-state index in [4.69, 9.17) is 14.2 Å². The summed E-state index contributed by atoms with van der Waals surface area (Å²) < 4.78 is 22.3. The average Bonchev–Trinajstić information content (AvgIpc) is 3.60. The number of carbonyl (C=O) groups is 6. The number of methoxy groups -OCH3 is 2. The third-order valence-corrected chi connectivity index (χ3v) is 10.2. The van der Waals surface area contributed by atoms with Gasteiger partial charge < -0.3 is 39.8 Å². The number of unbranched alkanes of at least 4 members (excludes halogenated alkanes) is 1. The summed E-state index contributed by atoms with van der Waals surface area (Å²) in [6.07, 6.45) is 2.21. The normalized spacial score (nSPS) is 14.2. The van der Waals surface area contributed by atoms with E-state index in [1.165, 1.54) is 25.2 Å². The number of carbonyl (C=O) groups excluding carboxylic acids is 6. The Labute approximate surface area is 353 Å². The largest absolute Gasteiger partial charge is 0.493 e. The molecule has 0 bridgehead atoms. The van der Waals surface area contributed by atoms with Gasteiger partial charge in [0, 0.05) is 30.3 Å². The maximum absolute atomic E-state index is 14.3. The first-order valence-corrected chi connectivity index (χ1v) is 19.6. The molecule has 5 amide bonds. The minimum absolute atomic E-state index is 0.0778. The van der Waals surface area contributed by atoms with Gasteiger partial charge in [-0.3, -0.25) is 28.9 Å². The maximum Gasteiger partial charge on any atom is 0.414 e. The van der Waals surface area contributed by atoms with Crippen molar-refractivity contribution in [3.05, 3.63) is 138 Å². The number of fused-ring (bicyclic) bond motifs is 4. The van der Waals surface area contributed by atoms with Gasteiger partial charge in [-0.1, -0.05) is 73.3 Å². The van der Waals surface area contributed by atoms with Gasteiger partial charge in [0.2, 0.25) is 5.91 Å². The van der Waals surface area contributed by atoms with Crippen LogP contribution in [0.3, 0.4) is 0 Å². The van der Waals surface area contributed by atoms with Gasteiger partial charge in [0.1, 0.15) is 19.3 Å². The summed E-state index contributed by atoms with van der Waals surface area (Å²) in [5, 5.41) is 7.56. The second-order valence-electron chi connectivity index (χ2n) is 14.3. The van der Waals surface area contributed by atoms with Gasteiger partial charge in [-0.05, 0) is 60.2 Å². The highest BCUT2D eigenvalue weighted by molar-refractivity contribution is 6.14. The Balaban J connectivity index is 1.08. The predicted molar refractivity (Wildman–Crippen MR) is 227 cm³/mol. The SMILES string of the molecule is C=C[C@H](NC(=O)CCCCC(=O)OC)C(=O)NC(=C)C(=O)Nc1ccc(COC(=O)N2C[C@@H]3Cc4ccccc4N3C(=O)c3cc(OC)c(OCc4ccccc4)cc32)cc1. The molecule has 0 radical (unpaired) electrons. The molecular weight excluding hydrogens is 783 g/mol. The molecule has 316 valence electrons. The van der Waals surface area contributed by atoms with Crippen molar-refractivity contribution >= 4 is 52.8 Å². The Morgan fingerprint density at radius 1 is 0.852 bits per heavy atom. The van der Waals surface area contributed by atoms with Crippen molar-refractivity contribution in [2.75, 3.05) is 35.9 Å². The van der Waals surface area contributed by atoms with E-state index >= 15 is 0 Å². The zero-order chi connectivity index (χ0) is 43.5. The van der Waals surface area contributed by atoms with Crippen molar-refractivity contribution in [1.29, 1.82) is 0 Å². The molecule has 4 aromatic rings. The Bertz CT molecular complexity index is 2310. The maximum atomic E-state index is 14.3. The Hall–Kier alpha value is -7.42. The van der Waals surface area contributed by atoms with Crippen molar-refractivity contribution in [3.8, 4) is 11.5 Å². The van der Waals surface area contributed by atoms with E-state index in [-0.39, 0.29) is 61.8 Å². The number of para-hydroxylation sites is 1. The number of hydrogen-bond acceptors (Lipinski definition) is 10. The number of hydrogen-bond donors (Lipinski definition) is 3. The fraction of sp³-hybridized carbons (Fsp3) is 0.261. The summed E-state index contributed by atoms with van der Waals surface area (Å²) in [6, 6.07) is 25.5. The first-order valence-electron chi connectivity index (χ1n) is 19.6. The first kappa shape index (κ1) is 43.2. The van der Waals surface area contributed by atoms with Crippen LogP contribution < -0.4 is 35.2 Å². The van der Waals surface area contributed by atoms with Gasteiger partial charge in [-0.2, -0.15) is 0 Å². The number of amides is 5. The fourth-order valence-electron chi connectivity index (χ4n) is 6.98. The summed E-state index contributed by atoms with van der Waals surface area (Å²) in [4.78, 5) is 80.8. The van der Waals surface area contributed by atoms with Crippen molar-refractivity contribution in [2.45, 2.75) is 57.4 Å². The zero-order valence-corrected chi connectivity index (χ0v) is 33.9. The van der Waals surface area contributed by atoms with Crippen LogP contribution in [0.2, 0.25) is 0 Å². The van der Waals surface area contributed by atoms with Gasteiger partial charge >= 0.3 is 12.1 Å². The zero-order valence-electron chi connectivity index (χ0n) is 33.9. The number of nitrogens with zero attached hydrogens (tertiary/aromatic N) is 2. The molecule has 3 N–H and O–H groups in total. The summed E-state index contributed by atoms with van der Waals surface area (Å²) in [5.74, 6) is -1.80. The molecular formula is C46H47N5O10. The third-order valence-electron chi connectivity index (χ3n) is 10.2. The Morgan fingerprint density at radius 3 is 2.28 bits per heavy atom. The highest BCUT2D eigenvalue weighted by Crippen LogP contribution is 2.43. The van der Waals surface area contributed by atoms with Crippen molar-refractivity contribution in [2.24, 2.45) is 0 Å². The van der Waals surface area contributed by atoms with Crippen LogP contribution in [0, 0.1) is 0 Å². The third kappa shape index (κ3) is 10.6. The molecule has 0 unspecified atom stereocenters. The molecule has 2 heterocycles. The Kier molecular flexibility index (Phi) is 14.2. The summed E-state index contributed by atoms with van der Waals surface area (Å²) in [7, 11) is 2.78. The minimum Gasteiger partial charge on any atom is -0.493 e. The number of ether oxygens (including phenoxy) is 4. The lowest BCUT2D eigenvalue weighted by Crippen LogP contribution is -2.46. The summed E-state index contributed by atoms with van der Waals surface area (Å²) in [5.41, 5.74) is 3.99. The first-order chi connectivity index (χ1) is 29.5. The molecule has 0 aliphatic carbocycles. The van der Waals surface area contributed by atoms with Crippen LogP contribution >= 0.6 is 0 Å². The average molecular weight is 830 g/mol. The van der Waals surface area contributed by atoms with Crippen LogP contribution in [0.4, 0.5) is 21.9 Å². The van der Waals surface area contributed by atoms with E-state index in [0.29, 0.717) is 47.7 Å². The molecule has 6 rings (SSSR count). The number of anilines is 3. The molecule has 0 spiro atoms. The molecule has 15 nitrogen and oxygen atoms in total. The topological polar surface area (TPSA) is 182 Å². The minimum atomic E-state index is -1.13. The molecule has 0 saturated heterocycles. The van der Waals surface area contributed by atoms with E-state index in [9.17, 15) is 28.8 Å². The Morgan fingerprint density at radius 2 is 1.56 bits per heavy atom. The lowest BCUT2D eigenvalue weighted by Gasteiger charge is -2.26. The molecule has 0 saturated carbocycles. The second kappa shape index (κ2) is 20.0. The van der Waals surface area contributed by atoms with Crippen molar-refractivity contribution in [1.82, 2.24) is 10.6 Å². The van der Waals surface area contributed by atoms with Crippen LogP contribution in [-0.2, 0) is 48.3 Å². The van der Waals surface area contributed by atoms with Gasteiger partial charge in [0.25, 0.3) is 17.7 Å². The van der Waals surface area contributed by atoms with Gasteiger partial charge in [0.05, 0.1) is 43.8 Å². The molecule has 4 aromatic carbocycles. The molecule has 2 aliphatic rings. The molecule has 61 heavy (non-hydrogen) atoms. The lowest BCUT2D eigenvalue weighted by molar-refractivity contribution is -0.140. The van der Waals surface area contributed by atoms with Crippen LogP contribution in [0.1, 0.15) is 52.7 Å². The summed E-state index contributed by atoms with van der Waals surface area (Å²) >= 11 is 0. The molecule has 2 atom stereocenters. The quantitative estimate of drug-likeness (QED) is 0.0496. The standard InChI is InChI=1S/C46H47N5O10/c1-5-36(49-41(52)17-11-12-18-42(53)59-4)44(55)47-29(2)43(54)48-33-21-19-31(20-22-33)28-61-46(57)50-26-34-23-32-15-9-10-16-37(32)51(34)45(56)35-24-39(58-3)40(25-38(35)50)60-27-30-13-7-6-8-14-30/h5-10,13-16,19-22,24-25,34,36H,1-2,11-12,17-18,23,26-28H2,3-4H3,(H,47,55)(H,48,54)(H,49,52)/t34-,36-/m0/s1. The second-order valence-corrected chi connectivity index (χ2v) is 14.3. The molecule has 2 aliphatic heterocycles. The summed E-state index contributed by atoms with van der Waals surface area (Å²) in [6.45, 7) is 7.49. The van der Waals surface area contributed by atoms with E-state index in [0.717, 1.165) is 16.8 Å². The fourth-order valence-corrected chi connectivity index (χ4v) is 6.98. The molecule has 0 fully saturated rings. The van der Waals surface area contributed by atoms with Crippen LogP contribution in [0.25, 0.3) is 0 Å². The number of esters is 1. The predicted octanol–water partition coefficient (Wildman–Crippen LogP) is 5.98. The number of rotatable bonds is 17. The number of nitrogens with one attached hydrogen (secondary N) is 3. The van der Waals surface area contributed by atoms with Crippen LogP contribution in [0.5, 0.6) is 11.5 Å².